The molecular weight excluding hydrogens is 226 g/mol. The fraction of sp³-hybridized carbons (Fsp3) is 0.786. The Morgan fingerprint density at radius 3 is 2.67 bits per heavy atom. The quantitative estimate of drug-likeness (QED) is 0.685. The van der Waals surface area contributed by atoms with Gasteiger partial charge in [-0.1, -0.05) is 6.92 Å². The molecule has 1 aromatic heterocycles. The lowest BCUT2D eigenvalue weighted by Crippen LogP contribution is -2.18. The number of rotatable bonds is 9. The van der Waals surface area contributed by atoms with Crippen LogP contribution < -0.4 is 5.32 Å². The second-order valence-electron chi connectivity index (χ2n) is 4.57. The first-order valence-corrected chi connectivity index (χ1v) is 7.02. The smallest absolute Gasteiger partial charge is 0.0662 e. The highest BCUT2D eigenvalue weighted by molar-refractivity contribution is 5.24. The molecule has 1 rings (SSSR count). The van der Waals surface area contributed by atoms with Crippen molar-refractivity contribution in [2.24, 2.45) is 0 Å². The van der Waals surface area contributed by atoms with Crippen molar-refractivity contribution in [1.82, 2.24) is 15.1 Å². The van der Waals surface area contributed by atoms with E-state index in [4.69, 9.17) is 4.74 Å². The normalized spacial score (nSPS) is 11.1. The van der Waals surface area contributed by atoms with Crippen LogP contribution in [0, 0.1) is 13.8 Å². The molecule has 0 aliphatic rings. The Balaban J connectivity index is 2.51. The molecule has 0 unspecified atom stereocenters. The molecule has 0 saturated carbocycles. The van der Waals surface area contributed by atoms with Crippen molar-refractivity contribution >= 4 is 0 Å². The average Bonchev–Trinajstić information content (AvgIpc) is 2.62. The highest BCUT2D eigenvalue weighted by atomic mass is 16.5. The fourth-order valence-electron chi connectivity index (χ4n) is 2.12. The average molecular weight is 253 g/mol. The summed E-state index contributed by atoms with van der Waals surface area (Å²) in [5.74, 6) is 0. The van der Waals surface area contributed by atoms with Crippen LogP contribution in [0.15, 0.2) is 0 Å². The van der Waals surface area contributed by atoms with Gasteiger partial charge in [-0.25, -0.2) is 0 Å². The van der Waals surface area contributed by atoms with Gasteiger partial charge in [-0.3, -0.25) is 4.68 Å². The monoisotopic (exact) mass is 253 g/mol. The summed E-state index contributed by atoms with van der Waals surface area (Å²) >= 11 is 0. The largest absolute Gasteiger partial charge is 0.380 e. The molecule has 0 bridgehead atoms. The second kappa shape index (κ2) is 8.27. The summed E-state index contributed by atoms with van der Waals surface area (Å²) in [5, 5.41) is 8.03. The van der Waals surface area contributed by atoms with E-state index in [1.165, 1.54) is 17.7 Å². The molecule has 4 nitrogen and oxygen atoms in total. The Bertz CT molecular complexity index is 347. The third-order valence-electron chi connectivity index (χ3n) is 3.16. The SMILES string of the molecule is CCCNCCc1c(C)nn(CCOCC)c1C. The van der Waals surface area contributed by atoms with Crippen molar-refractivity contribution in [3.05, 3.63) is 17.0 Å². The van der Waals surface area contributed by atoms with E-state index in [1.54, 1.807) is 0 Å². The van der Waals surface area contributed by atoms with E-state index in [9.17, 15) is 0 Å². The predicted molar refractivity (Wildman–Crippen MR) is 75.1 cm³/mol. The zero-order valence-corrected chi connectivity index (χ0v) is 12.3. The minimum Gasteiger partial charge on any atom is -0.380 e. The number of ether oxygens (including phenoxy) is 1. The van der Waals surface area contributed by atoms with Gasteiger partial charge in [0.25, 0.3) is 0 Å². The van der Waals surface area contributed by atoms with E-state index in [0.717, 1.165) is 45.0 Å². The molecule has 1 N–H and O–H groups in total. The van der Waals surface area contributed by atoms with Gasteiger partial charge in [-0.2, -0.15) is 5.10 Å². The lowest BCUT2D eigenvalue weighted by Gasteiger charge is -2.06. The lowest BCUT2D eigenvalue weighted by atomic mass is 10.1. The summed E-state index contributed by atoms with van der Waals surface area (Å²) < 4.78 is 7.45. The first kappa shape index (κ1) is 15.2. The maximum absolute atomic E-state index is 5.38. The Hall–Kier alpha value is -0.870. The van der Waals surface area contributed by atoms with Crippen molar-refractivity contribution in [2.75, 3.05) is 26.3 Å². The second-order valence-corrected chi connectivity index (χ2v) is 4.57. The summed E-state index contributed by atoms with van der Waals surface area (Å²) in [7, 11) is 0. The third-order valence-corrected chi connectivity index (χ3v) is 3.16. The summed E-state index contributed by atoms with van der Waals surface area (Å²) in [6, 6.07) is 0. The number of nitrogens with one attached hydrogen (secondary N) is 1. The van der Waals surface area contributed by atoms with Crippen LogP contribution in [0.3, 0.4) is 0 Å². The molecule has 18 heavy (non-hydrogen) atoms. The summed E-state index contributed by atoms with van der Waals surface area (Å²) in [5.41, 5.74) is 3.82. The van der Waals surface area contributed by atoms with Crippen LogP contribution in [-0.4, -0.2) is 36.1 Å². The minimum atomic E-state index is 0.742. The van der Waals surface area contributed by atoms with E-state index >= 15 is 0 Å². The number of aromatic nitrogens is 2. The molecule has 0 fully saturated rings. The van der Waals surface area contributed by atoms with Crippen molar-refractivity contribution in [3.8, 4) is 0 Å². The summed E-state index contributed by atoms with van der Waals surface area (Å²) in [6.45, 7) is 13.0. The molecule has 1 heterocycles. The number of hydrogen-bond donors (Lipinski definition) is 1. The predicted octanol–water partition coefficient (Wildman–Crippen LogP) is 2.08. The molecular formula is C14H27N3O. The zero-order chi connectivity index (χ0) is 13.4. The van der Waals surface area contributed by atoms with Crippen LogP contribution in [0.4, 0.5) is 0 Å². The van der Waals surface area contributed by atoms with E-state index in [1.807, 2.05) is 6.92 Å². The topological polar surface area (TPSA) is 39.1 Å². The molecule has 0 aromatic carbocycles. The Kier molecular flexibility index (Phi) is 6.98. The van der Waals surface area contributed by atoms with Crippen molar-refractivity contribution in [2.45, 2.75) is 47.1 Å². The minimum absolute atomic E-state index is 0.742. The fourth-order valence-corrected chi connectivity index (χ4v) is 2.12. The van der Waals surface area contributed by atoms with Gasteiger partial charge >= 0.3 is 0 Å². The molecule has 1 aromatic rings. The number of nitrogens with zero attached hydrogens (tertiary/aromatic N) is 2. The molecule has 0 radical (unpaired) electrons. The van der Waals surface area contributed by atoms with E-state index in [-0.39, 0.29) is 0 Å². The van der Waals surface area contributed by atoms with Crippen LogP contribution >= 0.6 is 0 Å². The van der Waals surface area contributed by atoms with Gasteiger partial charge in [-0.15, -0.1) is 0 Å². The van der Waals surface area contributed by atoms with Crippen LogP contribution in [0.5, 0.6) is 0 Å². The van der Waals surface area contributed by atoms with Crippen LogP contribution in [-0.2, 0) is 17.7 Å². The van der Waals surface area contributed by atoms with E-state index in [2.05, 4.69) is 35.9 Å². The number of aryl methyl sites for hydroxylation is 1. The van der Waals surface area contributed by atoms with Crippen molar-refractivity contribution < 1.29 is 4.74 Å². The standard InChI is InChI=1S/C14H27N3O/c1-5-8-15-9-7-14-12(3)16-17(13(14)4)10-11-18-6-2/h15H,5-11H2,1-4H3. The first-order valence-electron chi connectivity index (χ1n) is 7.02. The van der Waals surface area contributed by atoms with Gasteiger partial charge in [-0.05, 0) is 52.3 Å². The first-order chi connectivity index (χ1) is 8.70. The summed E-state index contributed by atoms with van der Waals surface area (Å²) in [6.07, 6.45) is 2.25. The van der Waals surface area contributed by atoms with Crippen LogP contribution in [0.2, 0.25) is 0 Å². The molecule has 0 spiro atoms. The zero-order valence-electron chi connectivity index (χ0n) is 12.3. The molecule has 0 aliphatic heterocycles. The maximum atomic E-state index is 5.38. The van der Waals surface area contributed by atoms with Crippen molar-refractivity contribution in [1.29, 1.82) is 0 Å². The molecule has 0 aliphatic carbocycles. The maximum Gasteiger partial charge on any atom is 0.0662 e. The van der Waals surface area contributed by atoms with Gasteiger partial charge < -0.3 is 10.1 Å². The number of hydrogen-bond acceptors (Lipinski definition) is 3. The molecule has 4 heteroatoms. The Morgan fingerprint density at radius 1 is 1.22 bits per heavy atom. The van der Waals surface area contributed by atoms with Crippen LogP contribution in [0.1, 0.15) is 37.2 Å². The molecule has 0 amide bonds. The molecule has 0 atom stereocenters. The highest BCUT2D eigenvalue weighted by Gasteiger charge is 2.10. The molecule has 104 valence electrons. The van der Waals surface area contributed by atoms with E-state index in [0.29, 0.717) is 0 Å². The van der Waals surface area contributed by atoms with Gasteiger partial charge in [0.2, 0.25) is 0 Å². The lowest BCUT2D eigenvalue weighted by molar-refractivity contribution is 0.135. The third kappa shape index (κ3) is 4.42. The Morgan fingerprint density at radius 2 is 2.00 bits per heavy atom. The highest BCUT2D eigenvalue weighted by Crippen LogP contribution is 2.13. The van der Waals surface area contributed by atoms with Gasteiger partial charge in [0.05, 0.1) is 18.8 Å². The van der Waals surface area contributed by atoms with Gasteiger partial charge in [0, 0.05) is 12.3 Å². The molecule has 0 saturated heterocycles. The van der Waals surface area contributed by atoms with Gasteiger partial charge in [0.1, 0.15) is 0 Å². The summed E-state index contributed by atoms with van der Waals surface area (Å²) in [4.78, 5) is 0. The van der Waals surface area contributed by atoms with Crippen molar-refractivity contribution in [3.63, 3.8) is 0 Å². The Labute approximate surface area is 111 Å². The van der Waals surface area contributed by atoms with E-state index < -0.39 is 0 Å². The van der Waals surface area contributed by atoms with Crippen LogP contribution in [0.25, 0.3) is 0 Å². The van der Waals surface area contributed by atoms with Gasteiger partial charge in [0.15, 0.2) is 0 Å².